The number of esters is 2. The van der Waals surface area contributed by atoms with Gasteiger partial charge in [-0.2, -0.15) is 0 Å². The van der Waals surface area contributed by atoms with Crippen molar-refractivity contribution in [2.45, 2.75) is 13.2 Å². The van der Waals surface area contributed by atoms with Gasteiger partial charge in [0.15, 0.2) is 23.3 Å². The lowest BCUT2D eigenvalue weighted by atomic mass is 10.1. The number of carbonyl (C=O) groups is 2. The molecule has 0 radical (unpaired) electrons. The van der Waals surface area contributed by atoms with E-state index in [0.717, 1.165) is 12.1 Å². The first-order valence-electron chi connectivity index (χ1n) is 8.88. The summed E-state index contributed by atoms with van der Waals surface area (Å²) in [6, 6.07) is 7.14. The number of benzene rings is 3. The van der Waals surface area contributed by atoms with Gasteiger partial charge in [0.1, 0.15) is 24.8 Å². The normalized spacial score (nSPS) is 10.7. The summed E-state index contributed by atoms with van der Waals surface area (Å²) in [5.41, 5.74) is -2.15. The van der Waals surface area contributed by atoms with Crippen LogP contribution in [-0.4, -0.2) is 11.9 Å². The highest BCUT2D eigenvalue weighted by molar-refractivity contribution is 6.03. The average molecular weight is 454 g/mol. The Balaban J connectivity index is 1.75. The molecule has 32 heavy (non-hydrogen) atoms. The lowest BCUT2D eigenvalue weighted by molar-refractivity contribution is 0.0418. The molecule has 0 saturated carbocycles. The second-order valence-corrected chi connectivity index (χ2v) is 6.38. The smallest absolute Gasteiger partial charge is 0.339 e. The molecular formula is C22H12F6O4. The lowest BCUT2D eigenvalue weighted by Crippen LogP contribution is -2.15. The third kappa shape index (κ3) is 4.90. The first-order chi connectivity index (χ1) is 15.2. The average Bonchev–Trinajstić information content (AvgIpc) is 2.77. The van der Waals surface area contributed by atoms with Crippen LogP contribution >= 0.6 is 0 Å². The Hall–Kier alpha value is -3.82. The largest absolute Gasteiger partial charge is 0.457 e. The molecular weight excluding hydrogens is 442 g/mol. The zero-order valence-corrected chi connectivity index (χ0v) is 15.9. The number of ether oxygens (including phenoxy) is 2. The predicted octanol–water partition coefficient (Wildman–Crippen LogP) is 5.24. The summed E-state index contributed by atoms with van der Waals surface area (Å²) in [6.07, 6.45) is 0. The maximum atomic E-state index is 13.7. The van der Waals surface area contributed by atoms with E-state index in [1.807, 2.05) is 0 Å². The fourth-order valence-electron chi connectivity index (χ4n) is 2.69. The number of carbonyl (C=O) groups excluding carboxylic acids is 2. The zero-order valence-electron chi connectivity index (χ0n) is 15.9. The summed E-state index contributed by atoms with van der Waals surface area (Å²) in [4.78, 5) is 24.7. The van der Waals surface area contributed by atoms with E-state index in [1.165, 1.54) is 12.1 Å². The van der Waals surface area contributed by atoms with E-state index < -0.39 is 71.2 Å². The van der Waals surface area contributed by atoms with Crippen molar-refractivity contribution in [2.75, 3.05) is 0 Å². The van der Waals surface area contributed by atoms with Crippen LogP contribution in [0, 0.1) is 34.9 Å². The van der Waals surface area contributed by atoms with Gasteiger partial charge >= 0.3 is 11.9 Å². The van der Waals surface area contributed by atoms with Crippen molar-refractivity contribution >= 4 is 11.9 Å². The number of rotatable bonds is 6. The number of hydrogen-bond acceptors (Lipinski definition) is 4. The molecule has 3 aromatic carbocycles. The Morgan fingerprint density at radius 3 is 1.84 bits per heavy atom. The van der Waals surface area contributed by atoms with Crippen molar-refractivity contribution < 1.29 is 45.4 Å². The van der Waals surface area contributed by atoms with Crippen LogP contribution < -0.4 is 0 Å². The van der Waals surface area contributed by atoms with Crippen molar-refractivity contribution in [3.8, 4) is 0 Å². The summed E-state index contributed by atoms with van der Waals surface area (Å²) in [5.74, 6) is -10.3. The first kappa shape index (κ1) is 22.9. The van der Waals surface area contributed by atoms with Gasteiger partial charge in [-0.1, -0.05) is 12.1 Å². The van der Waals surface area contributed by atoms with E-state index in [2.05, 4.69) is 0 Å². The van der Waals surface area contributed by atoms with Gasteiger partial charge in [0.2, 0.25) is 0 Å². The van der Waals surface area contributed by atoms with Crippen molar-refractivity contribution in [3.05, 3.63) is 106 Å². The van der Waals surface area contributed by atoms with Crippen LogP contribution in [0.1, 0.15) is 31.8 Å². The Morgan fingerprint density at radius 1 is 0.656 bits per heavy atom. The SMILES string of the molecule is O=C(OCc1cc(F)cc(F)c1F)c1ccccc1C(=O)OCc1c(F)ccc(F)c1F. The summed E-state index contributed by atoms with van der Waals surface area (Å²) >= 11 is 0. The highest BCUT2D eigenvalue weighted by Crippen LogP contribution is 2.20. The van der Waals surface area contributed by atoms with Crippen LogP contribution in [0.2, 0.25) is 0 Å². The third-order valence-electron chi connectivity index (χ3n) is 4.28. The van der Waals surface area contributed by atoms with Gasteiger partial charge in [0, 0.05) is 11.6 Å². The third-order valence-corrected chi connectivity index (χ3v) is 4.28. The van der Waals surface area contributed by atoms with Crippen LogP contribution in [0.5, 0.6) is 0 Å². The van der Waals surface area contributed by atoms with E-state index in [1.54, 1.807) is 0 Å². The second-order valence-electron chi connectivity index (χ2n) is 6.38. The minimum absolute atomic E-state index is 0.316. The minimum atomic E-state index is -1.53. The molecule has 0 atom stereocenters. The fraction of sp³-hybridized carbons (Fsp3) is 0.0909. The maximum absolute atomic E-state index is 13.7. The summed E-state index contributed by atoms with van der Waals surface area (Å²) in [5, 5.41) is 0. The quantitative estimate of drug-likeness (QED) is 0.291. The molecule has 0 N–H and O–H groups in total. The standard InChI is InChI=1S/C22H12F6O4/c23-12-7-11(19(27)18(26)8-12)9-31-21(29)13-3-1-2-4-14(13)22(30)32-10-15-16(24)5-6-17(25)20(15)28/h1-8H,9-10H2. The molecule has 10 heteroatoms. The molecule has 3 rings (SSSR count). The molecule has 0 aliphatic rings. The molecule has 0 amide bonds. The predicted molar refractivity (Wildman–Crippen MR) is 97.3 cm³/mol. The molecule has 0 aromatic heterocycles. The Kier molecular flexibility index (Phi) is 6.82. The van der Waals surface area contributed by atoms with Gasteiger partial charge in [-0.15, -0.1) is 0 Å². The molecule has 0 heterocycles. The summed E-state index contributed by atoms with van der Waals surface area (Å²) in [6.45, 7) is -1.81. The molecule has 0 saturated heterocycles. The summed E-state index contributed by atoms with van der Waals surface area (Å²) < 4.78 is 90.5. The second kappa shape index (κ2) is 9.54. The molecule has 166 valence electrons. The Labute approximate surface area is 177 Å². The highest BCUT2D eigenvalue weighted by Gasteiger charge is 2.22. The van der Waals surface area contributed by atoms with Gasteiger partial charge < -0.3 is 9.47 Å². The summed E-state index contributed by atoms with van der Waals surface area (Å²) in [7, 11) is 0. The molecule has 3 aromatic rings. The molecule has 0 fully saturated rings. The van der Waals surface area contributed by atoms with Crippen molar-refractivity contribution in [3.63, 3.8) is 0 Å². The topological polar surface area (TPSA) is 52.6 Å². The van der Waals surface area contributed by atoms with Crippen LogP contribution in [0.25, 0.3) is 0 Å². The Morgan fingerprint density at radius 2 is 1.22 bits per heavy atom. The van der Waals surface area contributed by atoms with Crippen molar-refractivity contribution in [2.24, 2.45) is 0 Å². The molecule has 0 unspecified atom stereocenters. The molecule has 0 aliphatic heterocycles. The van der Waals surface area contributed by atoms with Crippen LogP contribution in [0.3, 0.4) is 0 Å². The fourth-order valence-corrected chi connectivity index (χ4v) is 2.69. The van der Waals surface area contributed by atoms with Gasteiger partial charge in [0.05, 0.1) is 16.7 Å². The minimum Gasteiger partial charge on any atom is -0.457 e. The van der Waals surface area contributed by atoms with E-state index in [4.69, 9.17) is 9.47 Å². The number of hydrogen-bond donors (Lipinski definition) is 0. The van der Waals surface area contributed by atoms with Crippen LogP contribution in [0.4, 0.5) is 26.3 Å². The first-order valence-corrected chi connectivity index (χ1v) is 8.88. The van der Waals surface area contributed by atoms with Gasteiger partial charge in [0.25, 0.3) is 0 Å². The molecule has 4 nitrogen and oxygen atoms in total. The Bertz CT molecular complexity index is 1200. The number of halogens is 6. The maximum Gasteiger partial charge on any atom is 0.339 e. The highest BCUT2D eigenvalue weighted by atomic mass is 19.2. The van der Waals surface area contributed by atoms with Crippen molar-refractivity contribution in [1.29, 1.82) is 0 Å². The van der Waals surface area contributed by atoms with Crippen LogP contribution in [-0.2, 0) is 22.7 Å². The van der Waals surface area contributed by atoms with E-state index in [9.17, 15) is 35.9 Å². The van der Waals surface area contributed by atoms with E-state index >= 15 is 0 Å². The molecule has 0 spiro atoms. The molecule has 0 aliphatic carbocycles. The van der Waals surface area contributed by atoms with Crippen molar-refractivity contribution in [1.82, 2.24) is 0 Å². The monoisotopic (exact) mass is 454 g/mol. The van der Waals surface area contributed by atoms with Gasteiger partial charge in [-0.3, -0.25) is 0 Å². The van der Waals surface area contributed by atoms with Gasteiger partial charge in [-0.05, 0) is 30.3 Å². The van der Waals surface area contributed by atoms with E-state index in [-0.39, 0.29) is 11.1 Å². The lowest BCUT2D eigenvalue weighted by Gasteiger charge is -2.11. The zero-order chi connectivity index (χ0) is 23.4. The van der Waals surface area contributed by atoms with Gasteiger partial charge in [-0.25, -0.2) is 35.9 Å². The van der Waals surface area contributed by atoms with E-state index in [0.29, 0.717) is 24.3 Å². The van der Waals surface area contributed by atoms with Crippen LogP contribution in [0.15, 0.2) is 48.5 Å². The molecule has 0 bridgehead atoms.